The molecule has 0 aliphatic rings. The summed E-state index contributed by atoms with van der Waals surface area (Å²) in [5, 5.41) is 23.1. The van der Waals surface area contributed by atoms with Gasteiger partial charge >= 0.3 is 5.97 Å². The Morgan fingerprint density at radius 1 is 0.346 bits per heavy atom. The fraction of sp³-hybridized carbons (Fsp3) is 0.917. The van der Waals surface area contributed by atoms with Gasteiger partial charge in [0, 0.05) is 12.8 Å². The molecule has 6 heteroatoms. The van der Waals surface area contributed by atoms with Crippen LogP contribution in [-0.2, 0) is 14.3 Å². The van der Waals surface area contributed by atoms with Crippen molar-refractivity contribution >= 4 is 11.9 Å². The maximum atomic E-state index is 12.5. The number of aliphatic hydroxyl groups is 2. The average Bonchev–Trinajstić information content (AvgIpc) is 3.44. The highest BCUT2D eigenvalue weighted by Crippen LogP contribution is 2.19. The minimum absolute atomic E-state index is 0.0140. The summed E-state index contributed by atoms with van der Waals surface area (Å²) in [6, 6.07) is -0.623. The number of aliphatic hydroxyl groups excluding tert-OH is 2. The number of carbonyl (C=O) groups excluding carboxylic acids is 2. The molecule has 0 aromatic carbocycles. The van der Waals surface area contributed by atoms with Crippen molar-refractivity contribution in [1.29, 1.82) is 0 Å². The topological polar surface area (TPSA) is 95.9 Å². The molecule has 0 saturated heterocycles. The van der Waals surface area contributed by atoms with Gasteiger partial charge in [0.1, 0.15) is 0 Å². The van der Waals surface area contributed by atoms with E-state index >= 15 is 0 Å². The number of esters is 1. The molecule has 0 aromatic heterocycles. The monoisotopic (exact) mass is 1100 g/mol. The maximum Gasteiger partial charge on any atom is 0.305 e. The van der Waals surface area contributed by atoms with Crippen LogP contribution < -0.4 is 5.32 Å². The van der Waals surface area contributed by atoms with Gasteiger partial charge < -0.3 is 20.3 Å². The summed E-state index contributed by atoms with van der Waals surface area (Å²) in [4.78, 5) is 24.5. The number of hydrogen-bond donors (Lipinski definition) is 3. The molecule has 0 bridgehead atoms. The number of nitrogens with one attached hydrogen (secondary N) is 1. The zero-order valence-electron chi connectivity index (χ0n) is 52.9. The Balaban J connectivity index is 3.31. The van der Waals surface area contributed by atoms with Crippen LogP contribution in [0.4, 0.5) is 0 Å². The molecule has 6 nitrogen and oxygen atoms in total. The van der Waals surface area contributed by atoms with E-state index in [1.807, 2.05) is 6.08 Å². The summed E-state index contributed by atoms with van der Waals surface area (Å²) in [7, 11) is 0. The number of amides is 1. The largest absolute Gasteiger partial charge is 0.466 e. The molecule has 0 radical (unpaired) electrons. The molecule has 0 heterocycles. The predicted molar refractivity (Wildman–Crippen MR) is 343 cm³/mol. The molecule has 0 fully saturated rings. The van der Waals surface area contributed by atoms with E-state index in [0.29, 0.717) is 19.4 Å². The highest BCUT2D eigenvalue weighted by atomic mass is 16.5. The van der Waals surface area contributed by atoms with E-state index in [2.05, 4.69) is 31.3 Å². The first-order valence-corrected chi connectivity index (χ1v) is 35.6. The number of ether oxygens (including phenoxy) is 1. The molecule has 0 spiro atoms. The fourth-order valence-electron chi connectivity index (χ4n) is 11.3. The summed E-state index contributed by atoms with van der Waals surface area (Å²) in [6.07, 6.45) is 85.6. The van der Waals surface area contributed by atoms with Crippen LogP contribution in [0.25, 0.3) is 0 Å². The smallest absolute Gasteiger partial charge is 0.305 e. The van der Waals surface area contributed by atoms with Crippen LogP contribution in [0.15, 0.2) is 24.3 Å². The Kier molecular flexibility index (Phi) is 66.4. The molecule has 0 rings (SSSR count). The van der Waals surface area contributed by atoms with Gasteiger partial charge in [0.05, 0.1) is 25.4 Å². The average molecular weight is 1100 g/mol. The molecule has 2 atom stereocenters. The second-order valence-electron chi connectivity index (χ2n) is 24.6. The lowest BCUT2D eigenvalue weighted by atomic mass is 10.0. The van der Waals surface area contributed by atoms with Gasteiger partial charge in [-0.1, -0.05) is 353 Å². The highest BCUT2D eigenvalue weighted by molar-refractivity contribution is 5.76. The van der Waals surface area contributed by atoms with Crippen LogP contribution >= 0.6 is 0 Å². The van der Waals surface area contributed by atoms with Crippen LogP contribution in [0, 0.1) is 0 Å². The van der Waals surface area contributed by atoms with Gasteiger partial charge in [-0.15, -0.1) is 0 Å². The van der Waals surface area contributed by atoms with E-state index in [-0.39, 0.29) is 18.5 Å². The van der Waals surface area contributed by atoms with E-state index in [4.69, 9.17) is 4.74 Å². The minimum Gasteiger partial charge on any atom is -0.466 e. The number of hydrogen-bond acceptors (Lipinski definition) is 5. The van der Waals surface area contributed by atoms with Crippen molar-refractivity contribution in [2.45, 2.75) is 411 Å². The van der Waals surface area contributed by atoms with Crippen LogP contribution in [0.3, 0.4) is 0 Å². The molecule has 1 amide bonds. The van der Waals surface area contributed by atoms with Crippen LogP contribution in [-0.4, -0.2) is 47.4 Å². The van der Waals surface area contributed by atoms with Gasteiger partial charge in [-0.2, -0.15) is 0 Å². The number of rotatable bonds is 67. The molecular formula is C72H139NO5. The van der Waals surface area contributed by atoms with Crippen molar-refractivity contribution in [2.24, 2.45) is 0 Å². The van der Waals surface area contributed by atoms with E-state index < -0.39 is 12.1 Å². The van der Waals surface area contributed by atoms with E-state index in [0.717, 1.165) is 44.9 Å². The van der Waals surface area contributed by atoms with Crippen molar-refractivity contribution < 1.29 is 24.5 Å². The first kappa shape index (κ1) is 76.3. The Morgan fingerprint density at radius 2 is 0.603 bits per heavy atom. The first-order valence-electron chi connectivity index (χ1n) is 35.6. The molecule has 78 heavy (non-hydrogen) atoms. The summed E-state index contributed by atoms with van der Waals surface area (Å²) in [6.45, 7) is 4.92. The van der Waals surface area contributed by atoms with Gasteiger partial charge in [0.15, 0.2) is 0 Å². The number of allylic oxidation sites excluding steroid dienone is 3. The lowest BCUT2D eigenvalue weighted by molar-refractivity contribution is -0.143. The number of carbonyl (C=O) groups is 2. The van der Waals surface area contributed by atoms with Crippen molar-refractivity contribution in [3.05, 3.63) is 24.3 Å². The Labute approximate surface area is 488 Å². The highest BCUT2D eigenvalue weighted by Gasteiger charge is 2.18. The Bertz CT molecular complexity index is 1220. The summed E-state index contributed by atoms with van der Waals surface area (Å²) < 4.78 is 5.49. The second kappa shape index (κ2) is 67.8. The number of unbranched alkanes of at least 4 members (excludes halogenated alkanes) is 54. The lowest BCUT2D eigenvalue weighted by Gasteiger charge is -2.20. The predicted octanol–water partition coefficient (Wildman–Crippen LogP) is 22.9. The molecule has 3 N–H and O–H groups in total. The third-order valence-corrected chi connectivity index (χ3v) is 16.7. The fourth-order valence-corrected chi connectivity index (χ4v) is 11.3. The van der Waals surface area contributed by atoms with Crippen molar-refractivity contribution in [3.8, 4) is 0 Å². The van der Waals surface area contributed by atoms with Crippen molar-refractivity contribution in [2.75, 3.05) is 13.2 Å². The molecule has 0 aromatic rings. The molecular weight excluding hydrogens is 959 g/mol. The third-order valence-electron chi connectivity index (χ3n) is 16.7. The van der Waals surface area contributed by atoms with Crippen LogP contribution in [0.2, 0.25) is 0 Å². The zero-order chi connectivity index (χ0) is 56.4. The Hall–Kier alpha value is -1.66. The van der Waals surface area contributed by atoms with E-state index in [1.54, 1.807) is 6.08 Å². The molecule has 0 saturated carbocycles. The molecule has 462 valence electrons. The van der Waals surface area contributed by atoms with Gasteiger partial charge in [0.2, 0.25) is 5.91 Å². The maximum absolute atomic E-state index is 12.5. The first-order chi connectivity index (χ1) is 38.5. The van der Waals surface area contributed by atoms with Gasteiger partial charge in [-0.25, -0.2) is 0 Å². The quantitative estimate of drug-likeness (QED) is 0.0320. The van der Waals surface area contributed by atoms with Gasteiger partial charge in [0.25, 0.3) is 0 Å². The van der Waals surface area contributed by atoms with Crippen LogP contribution in [0.1, 0.15) is 399 Å². The van der Waals surface area contributed by atoms with Crippen molar-refractivity contribution in [1.82, 2.24) is 5.32 Å². The third kappa shape index (κ3) is 63.5. The second-order valence-corrected chi connectivity index (χ2v) is 24.6. The van der Waals surface area contributed by atoms with E-state index in [9.17, 15) is 19.8 Å². The van der Waals surface area contributed by atoms with Gasteiger partial charge in [-0.05, 0) is 57.8 Å². The molecule has 2 unspecified atom stereocenters. The normalized spacial score (nSPS) is 12.6. The van der Waals surface area contributed by atoms with Gasteiger partial charge in [-0.3, -0.25) is 9.59 Å². The standard InChI is InChI=1S/C72H139NO5/c1-3-5-7-9-11-13-15-17-37-42-46-50-54-58-62-66-72(77)78-67-63-59-55-51-47-43-39-36-34-32-30-28-26-24-22-20-18-19-21-23-25-27-29-31-33-35-38-41-45-49-53-57-61-65-71(76)73-69(68-74)70(75)64-60-56-52-48-44-40-16-14-12-10-8-6-4-2/h17,37,60,64,69-70,74-75H,3-16,18-36,38-59,61-63,65-68H2,1-2H3,(H,73,76)/b37-17-,64-60+. The lowest BCUT2D eigenvalue weighted by Crippen LogP contribution is -2.45. The Morgan fingerprint density at radius 3 is 0.910 bits per heavy atom. The molecule has 0 aliphatic carbocycles. The van der Waals surface area contributed by atoms with E-state index in [1.165, 1.54) is 327 Å². The SMILES string of the molecule is CCCCCCCC/C=C\CCCCCCCC(=O)OCCCCCCCCCCCCCCCCCCCCCCCCCCCCCCCCCCCC(=O)NC(CO)C(O)/C=C/CCCCCCCCCCCCC. The minimum atomic E-state index is -0.840. The summed E-state index contributed by atoms with van der Waals surface area (Å²) >= 11 is 0. The summed E-state index contributed by atoms with van der Waals surface area (Å²) in [5.74, 6) is -0.0475. The van der Waals surface area contributed by atoms with Crippen LogP contribution in [0.5, 0.6) is 0 Å². The summed E-state index contributed by atoms with van der Waals surface area (Å²) in [5.41, 5.74) is 0. The molecule has 0 aliphatic heterocycles. The zero-order valence-corrected chi connectivity index (χ0v) is 52.9. The van der Waals surface area contributed by atoms with Crippen molar-refractivity contribution in [3.63, 3.8) is 0 Å².